The lowest BCUT2D eigenvalue weighted by atomic mass is 10.4. The van der Waals surface area contributed by atoms with Crippen LogP contribution in [0.4, 0.5) is 0 Å². The number of hydrogen-bond donors (Lipinski definition) is 0. The van der Waals surface area contributed by atoms with Crippen LogP contribution in [0.3, 0.4) is 0 Å². The summed E-state index contributed by atoms with van der Waals surface area (Å²) in [6.45, 7) is 2.18. The predicted molar refractivity (Wildman–Crippen MR) is 34.5 cm³/mol. The van der Waals surface area contributed by atoms with Gasteiger partial charge in [-0.3, -0.25) is 0 Å². The van der Waals surface area contributed by atoms with Crippen molar-refractivity contribution in [1.82, 2.24) is 0 Å². The largest absolute Gasteiger partial charge is 0.0928 e. The molecule has 0 aromatic carbocycles. The van der Waals surface area contributed by atoms with Gasteiger partial charge >= 0.3 is 0 Å². The van der Waals surface area contributed by atoms with E-state index in [1.807, 2.05) is 0 Å². The standard InChI is InChI=1S/C4H9Br.Mg/c1-2-3-4-5;/h2-4H2,1H3;. The first-order valence-corrected chi connectivity index (χ1v) is 3.10. The highest BCUT2D eigenvalue weighted by Gasteiger charge is 1.69. The molecule has 2 heteroatoms. The molecule has 0 amide bonds. The molecule has 0 atom stereocenters. The van der Waals surface area contributed by atoms with Gasteiger partial charge in [0.25, 0.3) is 0 Å². The Morgan fingerprint density at radius 2 is 2.00 bits per heavy atom. The smallest absolute Gasteiger partial charge is 0.00312 e. The fraction of sp³-hybridized carbons (Fsp3) is 1.00. The zero-order chi connectivity index (χ0) is 4.12. The summed E-state index contributed by atoms with van der Waals surface area (Å²) in [5.74, 6) is 0. The summed E-state index contributed by atoms with van der Waals surface area (Å²) in [5, 5.41) is 1.16. The Morgan fingerprint density at radius 1 is 1.50 bits per heavy atom. The molecule has 0 aromatic rings. The van der Waals surface area contributed by atoms with Gasteiger partial charge in [-0.15, -0.1) is 0 Å². The fourth-order valence-corrected chi connectivity index (χ4v) is 0.694. The second kappa shape index (κ2) is 9.53. The highest BCUT2D eigenvalue weighted by molar-refractivity contribution is 9.09. The SMILES string of the molecule is CCCCBr.[Mg]. The van der Waals surface area contributed by atoms with Crippen LogP contribution < -0.4 is 0 Å². The summed E-state index contributed by atoms with van der Waals surface area (Å²) in [4.78, 5) is 0. The summed E-state index contributed by atoms with van der Waals surface area (Å²) < 4.78 is 0. The van der Waals surface area contributed by atoms with Gasteiger partial charge in [0.2, 0.25) is 0 Å². The minimum absolute atomic E-state index is 0. The molecule has 2 radical (unpaired) electrons. The molecule has 6 heavy (non-hydrogen) atoms. The molecule has 0 bridgehead atoms. The van der Waals surface area contributed by atoms with Crippen LogP contribution in [0.15, 0.2) is 0 Å². The number of unbranched alkanes of at least 4 members (excludes halogenated alkanes) is 1. The Balaban J connectivity index is 0. The van der Waals surface area contributed by atoms with E-state index in [4.69, 9.17) is 0 Å². The molecule has 0 aliphatic heterocycles. The zero-order valence-corrected chi connectivity index (χ0v) is 7.21. The molecule has 34 valence electrons. The maximum atomic E-state index is 3.31. The second-order valence-electron chi connectivity index (χ2n) is 1.04. The molecule has 0 spiro atoms. The van der Waals surface area contributed by atoms with Gasteiger partial charge in [0.15, 0.2) is 0 Å². The minimum Gasteiger partial charge on any atom is -0.0928 e. The van der Waals surface area contributed by atoms with Crippen LogP contribution in [0.5, 0.6) is 0 Å². The van der Waals surface area contributed by atoms with Crippen LogP contribution in [0.1, 0.15) is 19.8 Å². The third-order valence-electron chi connectivity index (χ3n) is 0.487. The van der Waals surface area contributed by atoms with Gasteiger partial charge in [0.05, 0.1) is 0 Å². The van der Waals surface area contributed by atoms with Gasteiger partial charge in [0.1, 0.15) is 0 Å². The van der Waals surface area contributed by atoms with Crippen LogP contribution in [0.25, 0.3) is 0 Å². The average molecular weight is 161 g/mol. The Kier molecular flexibility index (Phi) is 16.3. The topological polar surface area (TPSA) is 0 Å². The van der Waals surface area contributed by atoms with Gasteiger partial charge in [-0.2, -0.15) is 0 Å². The quantitative estimate of drug-likeness (QED) is 0.428. The summed E-state index contributed by atoms with van der Waals surface area (Å²) in [6, 6.07) is 0. The number of hydrogen-bond acceptors (Lipinski definition) is 0. The average Bonchev–Trinajstić information content (AvgIpc) is 1.41. The van der Waals surface area contributed by atoms with Crippen LogP contribution in [-0.2, 0) is 0 Å². The lowest BCUT2D eigenvalue weighted by Gasteiger charge is -1.77. The molecular weight excluding hydrogens is 152 g/mol. The summed E-state index contributed by atoms with van der Waals surface area (Å²) in [7, 11) is 0. The molecule has 0 aromatic heterocycles. The van der Waals surface area contributed by atoms with Crippen molar-refractivity contribution in [1.29, 1.82) is 0 Å². The molecule has 0 saturated heterocycles. The van der Waals surface area contributed by atoms with Crippen molar-refractivity contribution in [3.8, 4) is 0 Å². The lowest BCUT2D eigenvalue weighted by Crippen LogP contribution is -1.64. The van der Waals surface area contributed by atoms with E-state index in [1.54, 1.807) is 0 Å². The van der Waals surface area contributed by atoms with E-state index in [0.717, 1.165) is 5.33 Å². The van der Waals surface area contributed by atoms with E-state index >= 15 is 0 Å². The molecule has 0 saturated carbocycles. The van der Waals surface area contributed by atoms with Crippen molar-refractivity contribution in [3.63, 3.8) is 0 Å². The number of rotatable bonds is 2. The van der Waals surface area contributed by atoms with Gasteiger partial charge in [-0.25, -0.2) is 0 Å². The van der Waals surface area contributed by atoms with Crippen molar-refractivity contribution < 1.29 is 0 Å². The normalized spacial score (nSPS) is 7.00. The maximum Gasteiger partial charge on any atom is 0.00312 e. The van der Waals surface area contributed by atoms with Gasteiger partial charge < -0.3 is 0 Å². The van der Waals surface area contributed by atoms with Crippen molar-refractivity contribution in [2.45, 2.75) is 19.8 Å². The van der Waals surface area contributed by atoms with Crippen LogP contribution in [-0.4, -0.2) is 28.4 Å². The fourth-order valence-electron chi connectivity index (χ4n) is 0.134. The van der Waals surface area contributed by atoms with E-state index in [2.05, 4.69) is 22.9 Å². The molecular formula is C4H9BrMg. The Bertz CT molecular complexity index is 15.0. The predicted octanol–water partition coefficient (Wildman–Crippen LogP) is 1.80. The Labute approximate surface area is 64.0 Å². The molecule has 0 aliphatic rings. The summed E-state index contributed by atoms with van der Waals surface area (Å²) in [6.07, 6.45) is 2.60. The van der Waals surface area contributed by atoms with Crippen molar-refractivity contribution in [3.05, 3.63) is 0 Å². The van der Waals surface area contributed by atoms with Crippen LogP contribution >= 0.6 is 15.9 Å². The molecule has 0 nitrogen and oxygen atoms in total. The first-order valence-electron chi connectivity index (χ1n) is 1.97. The first kappa shape index (κ1) is 10.3. The maximum absolute atomic E-state index is 3.31. The summed E-state index contributed by atoms with van der Waals surface area (Å²) in [5.41, 5.74) is 0. The van der Waals surface area contributed by atoms with Crippen molar-refractivity contribution in [2.75, 3.05) is 5.33 Å². The van der Waals surface area contributed by atoms with Crippen molar-refractivity contribution >= 4 is 39.0 Å². The van der Waals surface area contributed by atoms with Crippen LogP contribution in [0.2, 0.25) is 0 Å². The lowest BCUT2D eigenvalue weighted by molar-refractivity contribution is 0.902. The molecule has 0 fully saturated rings. The third-order valence-corrected chi connectivity index (χ3v) is 1.05. The van der Waals surface area contributed by atoms with Crippen molar-refractivity contribution in [2.24, 2.45) is 0 Å². The van der Waals surface area contributed by atoms with E-state index < -0.39 is 0 Å². The van der Waals surface area contributed by atoms with E-state index in [0.29, 0.717) is 0 Å². The van der Waals surface area contributed by atoms with Gasteiger partial charge in [-0.05, 0) is 6.42 Å². The van der Waals surface area contributed by atoms with Gasteiger partial charge in [0, 0.05) is 28.4 Å². The highest BCUT2D eigenvalue weighted by Crippen LogP contribution is 1.89. The monoisotopic (exact) mass is 160 g/mol. The number of halogens is 1. The second-order valence-corrected chi connectivity index (χ2v) is 1.84. The molecule has 0 aliphatic carbocycles. The highest BCUT2D eigenvalue weighted by atomic mass is 79.9. The van der Waals surface area contributed by atoms with Gasteiger partial charge in [-0.1, -0.05) is 29.3 Å². The van der Waals surface area contributed by atoms with E-state index in [-0.39, 0.29) is 23.1 Å². The molecule has 0 unspecified atom stereocenters. The molecule has 0 N–H and O–H groups in total. The summed E-state index contributed by atoms with van der Waals surface area (Å²) >= 11 is 3.31. The first-order chi connectivity index (χ1) is 2.41. The Morgan fingerprint density at radius 3 is 2.00 bits per heavy atom. The molecule has 0 heterocycles. The van der Waals surface area contributed by atoms with E-state index in [1.165, 1.54) is 12.8 Å². The van der Waals surface area contributed by atoms with Crippen LogP contribution in [0, 0.1) is 0 Å². The third kappa shape index (κ3) is 8.98. The number of alkyl halides is 1. The van der Waals surface area contributed by atoms with E-state index in [9.17, 15) is 0 Å². The minimum atomic E-state index is 0. The zero-order valence-electron chi connectivity index (χ0n) is 4.21. The Hall–Kier alpha value is 1.25. The molecule has 0 rings (SSSR count).